The van der Waals surface area contributed by atoms with Gasteiger partial charge in [0.05, 0.1) is 20.1 Å². The van der Waals surface area contributed by atoms with Gasteiger partial charge in [-0.25, -0.2) is 0 Å². The monoisotopic (exact) mass is 347 g/mol. The molecule has 0 spiro atoms. The molecule has 0 saturated heterocycles. The van der Waals surface area contributed by atoms with Crippen LogP contribution in [0.3, 0.4) is 0 Å². The number of esters is 1. The Bertz CT molecular complexity index is 587. The number of benzene rings is 1. The summed E-state index contributed by atoms with van der Waals surface area (Å²) in [6.07, 6.45) is 6.74. The molecular weight excluding hydrogens is 318 g/mol. The number of carbonyl (C=O) groups excluding carboxylic acids is 2. The smallest absolute Gasteiger partial charge is 0.306 e. The maximum absolute atomic E-state index is 12.2. The fourth-order valence-electron chi connectivity index (χ4n) is 3.43. The summed E-state index contributed by atoms with van der Waals surface area (Å²) in [7, 11) is 1.61. The van der Waals surface area contributed by atoms with E-state index in [4.69, 9.17) is 9.47 Å². The minimum absolute atomic E-state index is 0.0668. The SMILES string of the molecule is CCCCCCCOC(=O)C[C@@H]1c2cc(OC)ccc2N(C=O)[C@H]1C. The van der Waals surface area contributed by atoms with Crippen molar-refractivity contribution < 1.29 is 19.1 Å². The van der Waals surface area contributed by atoms with Crippen molar-refractivity contribution >= 4 is 18.1 Å². The first-order valence-corrected chi connectivity index (χ1v) is 9.19. The summed E-state index contributed by atoms with van der Waals surface area (Å²) in [5.74, 6) is 0.463. The van der Waals surface area contributed by atoms with Crippen molar-refractivity contribution in [1.82, 2.24) is 0 Å². The highest BCUT2D eigenvalue weighted by atomic mass is 16.5. The van der Waals surface area contributed by atoms with Gasteiger partial charge in [0.2, 0.25) is 6.41 Å². The van der Waals surface area contributed by atoms with E-state index in [1.54, 1.807) is 12.0 Å². The average molecular weight is 347 g/mol. The molecule has 1 aliphatic rings. The van der Waals surface area contributed by atoms with Crippen LogP contribution in [0, 0.1) is 0 Å². The zero-order valence-electron chi connectivity index (χ0n) is 15.5. The number of methoxy groups -OCH3 is 1. The first-order chi connectivity index (χ1) is 12.1. The van der Waals surface area contributed by atoms with Crippen molar-refractivity contribution in [2.24, 2.45) is 0 Å². The molecule has 0 unspecified atom stereocenters. The second-order valence-electron chi connectivity index (χ2n) is 6.62. The van der Waals surface area contributed by atoms with Crippen molar-refractivity contribution in [3.8, 4) is 5.75 Å². The van der Waals surface area contributed by atoms with Gasteiger partial charge >= 0.3 is 5.97 Å². The Kier molecular flexibility index (Phi) is 7.29. The molecule has 1 heterocycles. The number of nitrogens with zero attached hydrogens (tertiary/aromatic N) is 1. The number of amides is 1. The molecule has 1 amide bonds. The molecule has 1 aromatic carbocycles. The lowest BCUT2D eigenvalue weighted by Gasteiger charge is -2.20. The third-order valence-electron chi connectivity index (χ3n) is 4.94. The van der Waals surface area contributed by atoms with Crippen molar-refractivity contribution in [2.75, 3.05) is 18.6 Å². The van der Waals surface area contributed by atoms with E-state index in [1.165, 1.54) is 19.3 Å². The molecule has 0 aromatic heterocycles. The third-order valence-corrected chi connectivity index (χ3v) is 4.94. The summed E-state index contributed by atoms with van der Waals surface area (Å²) < 4.78 is 10.7. The maximum Gasteiger partial charge on any atom is 0.306 e. The highest BCUT2D eigenvalue weighted by Gasteiger charge is 2.37. The fraction of sp³-hybridized carbons (Fsp3) is 0.600. The minimum Gasteiger partial charge on any atom is -0.497 e. The van der Waals surface area contributed by atoms with Crippen LogP contribution in [0.2, 0.25) is 0 Å². The van der Waals surface area contributed by atoms with Crippen LogP contribution < -0.4 is 9.64 Å². The number of hydrogen-bond acceptors (Lipinski definition) is 4. The lowest BCUT2D eigenvalue weighted by Crippen LogP contribution is -2.31. The molecule has 0 bridgehead atoms. The summed E-state index contributed by atoms with van der Waals surface area (Å²) in [5, 5.41) is 0. The molecule has 0 fully saturated rings. The van der Waals surface area contributed by atoms with Crippen LogP contribution in [0.1, 0.15) is 63.9 Å². The topological polar surface area (TPSA) is 55.8 Å². The fourth-order valence-corrected chi connectivity index (χ4v) is 3.43. The molecule has 5 nitrogen and oxygen atoms in total. The summed E-state index contributed by atoms with van der Waals surface area (Å²) >= 11 is 0. The van der Waals surface area contributed by atoms with Crippen LogP contribution in [-0.4, -0.2) is 32.1 Å². The zero-order chi connectivity index (χ0) is 18.2. The quantitative estimate of drug-likeness (QED) is 0.364. The van der Waals surface area contributed by atoms with Gasteiger partial charge in [0, 0.05) is 17.6 Å². The predicted octanol–water partition coefficient (Wildman–Crippen LogP) is 4.05. The van der Waals surface area contributed by atoms with Crippen LogP contribution in [-0.2, 0) is 14.3 Å². The number of unbranched alkanes of at least 4 members (excludes halogenated alkanes) is 4. The van der Waals surface area contributed by atoms with Crippen LogP contribution in [0.5, 0.6) is 5.75 Å². The molecule has 1 aliphatic heterocycles. The van der Waals surface area contributed by atoms with Gasteiger partial charge in [-0.1, -0.05) is 32.6 Å². The minimum atomic E-state index is -0.200. The standard InChI is InChI=1S/C20H29NO4/c1-4-5-6-7-8-11-25-20(23)13-17-15(2)21(14-22)19-10-9-16(24-3)12-18(17)19/h9-10,12,14-15,17H,4-8,11,13H2,1-3H3/t15-,17-/m0/s1. The van der Waals surface area contributed by atoms with Gasteiger partial charge in [0.15, 0.2) is 0 Å². The van der Waals surface area contributed by atoms with Gasteiger partial charge in [-0.15, -0.1) is 0 Å². The van der Waals surface area contributed by atoms with Gasteiger partial charge in [0.1, 0.15) is 5.75 Å². The number of fused-ring (bicyclic) bond motifs is 1. The van der Waals surface area contributed by atoms with Crippen molar-refractivity contribution in [3.05, 3.63) is 23.8 Å². The van der Waals surface area contributed by atoms with Gasteiger partial charge in [-0.3, -0.25) is 9.59 Å². The van der Waals surface area contributed by atoms with Gasteiger partial charge in [-0.2, -0.15) is 0 Å². The number of rotatable bonds is 10. The normalized spacial score (nSPS) is 18.8. The molecule has 0 radical (unpaired) electrons. The second kappa shape index (κ2) is 9.44. The highest BCUT2D eigenvalue weighted by molar-refractivity contribution is 5.83. The Morgan fingerprint density at radius 3 is 2.68 bits per heavy atom. The van der Waals surface area contributed by atoms with Gasteiger partial charge < -0.3 is 14.4 Å². The summed E-state index contributed by atoms with van der Waals surface area (Å²) in [5.41, 5.74) is 1.82. The molecule has 0 aliphatic carbocycles. The number of ether oxygens (including phenoxy) is 2. The lowest BCUT2D eigenvalue weighted by atomic mass is 9.92. The van der Waals surface area contributed by atoms with E-state index in [2.05, 4.69) is 6.92 Å². The number of anilines is 1. The first kappa shape index (κ1) is 19.3. The number of carbonyl (C=O) groups is 2. The molecule has 5 heteroatoms. The third kappa shape index (κ3) is 4.74. The van der Waals surface area contributed by atoms with E-state index in [1.807, 2.05) is 25.1 Å². The largest absolute Gasteiger partial charge is 0.497 e. The van der Waals surface area contributed by atoms with E-state index in [0.29, 0.717) is 6.61 Å². The molecule has 2 rings (SSSR count). The van der Waals surface area contributed by atoms with Crippen molar-refractivity contribution in [1.29, 1.82) is 0 Å². The van der Waals surface area contributed by atoms with Gasteiger partial charge in [-0.05, 0) is 37.1 Å². The Morgan fingerprint density at radius 1 is 1.24 bits per heavy atom. The average Bonchev–Trinajstić information content (AvgIpc) is 2.88. The first-order valence-electron chi connectivity index (χ1n) is 9.19. The Labute approximate surface area is 150 Å². The highest BCUT2D eigenvalue weighted by Crippen LogP contribution is 2.43. The summed E-state index contributed by atoms with van der Waals surface area (Å²) in [6, 6.07) is 5.55. The summed E-state index contributed by atoms with van der Waals surface area (Å²) in [4.78, 5) is 25.4. The van der Waals surface area contributed by atoms with Crippen LogP contribution in [0.25, 0.3) is 0 Å². The maximum atomic E-state index is 12.2. The lowest BCUT2D eigenvalue weighted by molar-refractivity contribution is -0.144. The molecule has 0 N–H and O–H groups in total. The Morgan fingerprint density at radius 2 is 2.00 bits per heavy atom. The molecular formula is C20H29NO4. The van der Waals surface area contributed by atoms with E-state index in [-0.39, 0.29) is 24.3 Å². The van der Waals surface area contributed by atoms with Crippen LogP contribution >= 0.6 is 0 Å². The molecule has 1 aromatic rings. The van der Waals surface area contributed by atoms with Crippen LogP contribution in [0.4, 0.5) is 5.69 Å². The predicted molar refractivity (Wildman–Crippen MR) is 98.1 cm³/mol. The molecule has 2 atom stereocenters. The Balaban J connectivity index is 1.95. The zero-order valence-corrected chi connectivity index (χ0v) is 15.5. The molecule has 25 heavy (non-hydrogen) atoms. The molecule has 0 saturated carbocycles. The van der Waals surface area contributed by atoms with Crippen molar-refractivity contribution in [3.63, 3.8) is 0 Å². The summed E-state index contributed by atoms with van der Waals surface area (Å²) in [6.45, 7) is 4.62. The van der Waals surface area contributed by atoms with Gasteiger partial charge in [0.25, 0.3) is 0 Å². The Hall–Kier alpha value is -2.04. The van der Waals surface area contributed by atoms with Crippen LogP contribution in [0.15, 0.2) is 18.2 Å². The van der Waals surface area contributed by atoms with E-state index < -0.39 is 0 Å². The van der Waals surface area contributed by atoms with Crippen molar-refractivity contribution in [2.45, 2.75) is 64.3 Å². The van der Waals surface area contributed by atoms with E-state index in [0.717, 1.165) is 36.3 Å². The number of hydrogen-bond donors (Lipinski definition) is 0. The van der Waals surface area contributed by atoms with E-state index in [9.17, 15) is 9.59 Å². The van der Waals surface area contributed by atoms with E-state index >= 15 is 0 Å². The second-order valence-corrected chi connectivity index (χ2v) is 6.62. The molecule has 138 valence electrons.